The number of anilines is 2. The Labute approximate surface area is 154 Å². The fourth-order valence-electron chi connectivity index (χ4n) is 3.36. The van der Waals surface area contributed by atoms with Gasteiger partial charge < -0.3 is 0 Å². The number of hydrogen-bond donors (Lipinski definition) is 0. The van der Waals surface area contributed by atoms with Crippen molar-refractivity contribution in [2.24, 2.45) is 5.92 Å². The third-order valence-electron chi connectivity index (χ3n) is 4.92. The normalized spacial score (nSPS) is 16.1. The van der Waals surface area contributed by atoms with E-state index in [0.29, 0.717) is 0 Å². The van der Waals surface area contributed by atoms with Crippen LogP contribution in [-0.2, 0) is 17.8 Å². The molecule has 2 heterocycles. The number of para-hydroxylation sites is 1. The van der Waals surface area contributed by atoms with Gasteiger partial charge in [0.1, 0.15) is 0 Å². The Morgan fingerprint density at radius 2 is 2.04 bits per heavy atom. The van der Waals surface area contributed by atoms with E-state index in [2.05, 4.69) is 30.2 Å². The van der Waals surface area contributed by atoms with Crippen LogP contribution in [0.25, 0.3) is 0 Å². The van der Waals surface area contributed by atoms with Gasteiger partial charge in [0.2, 0.25) is 5.91 Å². The van der Waals surface area contributed by atoms with Crippen molar-refractivity contribution < 1.29 is 4.79 Å². The maximum Gasteiger partial charge on any atom is 0.230 e. The number of aryl methyl sites for hydroxylation is 1. The molecule has 1 aliphatic rings. The number of thiazole rings is 1. The first kappa shape index (κ1) is 18.1. The van der Waals surface area contributed by atoms with E-state index in [-0.39, 0.29) is 5.91 Å². The van der Waals surface area contributed by atoms with Crippen LogP contribution in [-0.4, -0.2) is 28.9 Å². The molecular formula is C20H27N3OS. The van der Waals surface area contributed by atoms with E-state index in [9.17, 15) is 4.79 Å². The lowest BCUT2D eigenvalue weighted by atomic mass is 9.99. The zero-order valence-corrected chi connectivity index (χ0v) is 16.2. The average Bonchev–Trinajstić information content (AvgIpc) is 3.05. The summed E-state index contributed by atoms with van der Waals surface area (Å²) in [6, 6.07) is 8.08. The summed E-state index contributed by atoms with van der Waals surface area (Å²) in [5.41, 5.74) is 3.18. The van der Waals surface area contributed by atoms with Crippen molar-refractivity contribution in [3.63, 3.8) is 0 Å². The average molecular weight is 358 g/mol. The summed E-state index contributed by atoms with van der Waals surface area (Å²) in [7, 11) is 0. The Balaban J connectivity index is 1.79. The van der Waals surface area contributed by atoms with E-state index < -0.39 is 0 Å². The second-order valence-corrected chi connectivity index (χ2v) is 7.75. The molecular weight excluding hydrogens is 330 g/mol. The predicted octanol–water partition coefficient (Wildman–Crippen LogP) is 4.62. The number of piperidine rings is 1. The van der Waals surface area contributed by atoms with Crippen molar-refractivity contribution in [3.8, 4) is 0 Å². The minimum absolute atomic E-state index is 0.00796. The molecule has 3 rings (SSSR count). The van der Waals surface area contributed by atoms with Crippen LogP contribution in [0.3, 0.4) is 0 Å². The summed E-state index contributed by atoms with van der Waals surface area (Å²) in [6.07, 6.45) is 3.42. The number of carbonyl (C=O) groups is 1. The minimum atomic E-state index is 0.00796. The van der Waals surface area contributed by atoms with Crippen molar-refractivity contribution in [1.82, 2.24) is 9.88 Å². The maximum absolute atomic E-state index is 12.3. The van der Waals surface area contributed by atoms with Crippen LogP contribution in [0.5, 0.6) is 0 Å². The number of likely N-dealkylation sites (tertiary alicyclic amines) is 1. The number of benzene rings is 1. The number of aromatic nitrogens is 1. The summed E-state index contributed by atoms with van der Waals surface area (Å²) in [5.74, 6) is 0.842. The Kier molecular flexibility index (Phi) is 5.86. The third kappa shape index (κ3) is 4.28. The minimum Gasteiger partial charge on any atom is -0.297 e. The molecule has 0 radical (unpaired) electrons. The van der Waals surface area contributed by atoms with Crippen LogP contribution in [0.4, 0.5) is 10.8 Å². The zero-order valence-electron chi connectivity index (χ0n) is 15.4. The fourth-order valence-corrected chi connectivity index (χ4v) is 4.23. The molecule has 1 aliphatic heterocycles. The maximum atomic E-state index is 12.3. The molecule has 4 nitrogen and oxygen atoms in total. The highest BCUT2D eigenvalue weighted by Gasteiger charge is 2.21. The van der Waals surface area contributed by atoms with Crippen LogP contribution in [0.2, 0.25) is 0 Å². The second kappa shape index (κ2) is 8.11. The molecule has 134 valence electrons. The standard InChI is InChI=1S/C20H27N3OS/c1-4-17-7-5-6-8-19(17)23(16(3)24)20-21-18(14-25-20)13-22-11-9-15(2)10-12-22/h5-8,14-15H,4,9-13H2,1-3H3. The SMILES string of the molecule is CCc1ccccc1N(C(C)=O)c1nc(CN2CCC(C)CC2)cs1. The van der Waals surface area contributed by atoms with Crippen LogP contribution in [0, 0.1) is 5.92 Å². The van der Waals surface area contributed by atoms with Gasteiger partial charge in [0.25, 0.3) is 0 Å². The van der Waals surface area contributed by atoms with E-state index in [1.807, 2.05) is 18.2 Å². The smallest absolute Gasteiger partial charge is 0.230 e. The van der Waals surface area contributed by atoms with Crippen molar-refractivity contribution in [2.75, 3.05) is 18.0 Å². The number of nitrogens with zero attached hydrogens (tertiary/aromatic N) is 3. The summed E-state index contributed by atoms with van der Waals surface area (Å²) < 4.78 is 0. The van der Waals surface area contributed by atoms with E-state index in [0.717, 1.165) is 48.5 Å². The molecule has 2 aromatic rings. The molecule has 1 saturated heterocycles. The highest BCUT2D eigenvalue weighted by molar-refractivity contribution is 7.14. The highest BCUT2D eigenvalue weighted by Crippen LogP contribution is 2.32. The molecule has 5 heteroatoms. The first-order chi connectivity index (χ1) is 12.1. The Morgan fingerprint density at radius 1 is 1.32 bits per heavy atom. The van der Waals surface area contributed by atoms with E-state index >= 15 is 0 Å². The molecule has 1 aromatic carbocycles. The van der Waals surface area contributed by atoms with Gasteiger partial charge in [-0.3, -0.25) is 14.6 Å². The molecule has 0 N–H and O–H groups in total. The number of hydrogen-bond acceptors (Lipinski definition) is 4. The Morgan fingerprint density at radius 3 is 2.72 bits per heavy atom. The van der Waals surface area contributed by atoms with Crippen LogP contribution >= 0.6 is 11.3 Å². The third-order valence-corrected chi connectivity index (χ3v) is 5.80. The molecule has 0 unspecified atom stereocenters. The van der Waals surface area contributed by atoms with Crippen molar-refractivity contribution >= 4 is 28.1 Å². The molecule has 0 spiro atoms. The molecule has 0 atom stereocenters. The van der Waals surface area contributed by atoms with Crippen molar-refractivity contribution in [2.45, 2.75) is 46.6 Å². The van der Waals surface area contributed by atoms with Crippen LogP contribution in [0.15, 0.2) is 29.6 Å². The van der Waals surface area contributed by atoms with Gasteiger partial charge in [-0.25, -0.2) is 4.98 Å². The highest BCUT2D eigenvalue weighted by atomic mass is 32.1. The molecule has 25 heavy (non-hydrogen) atoms. The predicted molar refractivity (Wildman–Crippen MR) is 104 cm³/mol. The van der Waals surface area contributed by atoms with Gasteiger partial charge in [0, 0.05) is 18.8 Å². The number of carbonyl (C=O) groups excluding carboxylic acids is 1. The Bertz CT molecular complexity index is 719. The fraction of sp³-hybridized carbons (Fsp3) is 0.500. The summed E-state index contributed by atoms with van der Waals surface area (Å²) in [6.45, 7) is 9.21. The molecule has 0 bridgehead atoms. The quantitative estimate of drug-likeness (QED) is 0.783. The Hall–Kier alpha value is -1.72. The van der Waals surface area contributed by atoms with E-state index in [1.165, 1.54) is 18.4 Å². The van der Waals surface area contributed by atoms with Crippen molar-refractivity contribution in [1.29, 1.82) is 0 Å². The zero-order chi connectivity index (χ0) is 17.8. The first-order valence-electron chi connectivity index (χ1n) is 9.13. The van der Waals surface area contributed by atoms with Crippen molar-refractivity contribution in [3.05, 3.63) is 40.9 Å². The number of amides is 1. The topological polar surface area (TPSA) is 36.4 Å². The van der Waals surface area contributed by atoms with Crippen LogP contribution in [0.1, 0.15) is 44.9 Å². The molecule has 1 aromatic heterocycles. The summed E-state index contributed by atoms with van der Waals surface area (Å²) in [4.78, 5) is 21.3. The van der Waals surface area contributed by atoms with Gasteiger partial charge >= 0.3 is 0 Å². The van der Waals surface area contributed by atoms with Gasteiger partial charge in [-0.05, 0) is 49.9 Å². The first-order valence-corrected chi connectivity index (χ1v) is 10.0. The van der Waals surface area contributed by atoms with E-state index in [1.54, 1.807) is 23.2 Å². The molecule has 1 amide bonds. The van der Waals surface area contributed by atoms with Gasteiger partial charge in [-0.2, -0.15) is 0 Å². The second-order valence-electron chi connectivity index (χ2n) is 6.92. The molecule has 1 fully saturated rings. The summed E-state index contributed by atoms with van der Waals surface area (Å²) in [5, 5.41) is 2.87. The molecule has 0 saturated carbocycles. The van der Waals surface area contributed by atoms with Gasteiger partial charge in [-0.1, -0.05) is 32.0 Å². The van der Waals surface area contributed by atoms with Gasteiger partial charge in [0.05, 0.1) is 11.4 Å². The largest absolute Gasteiger partial charge is 0.297 e. The van der Waals surface area contributed by atoms with E-state index in [4.69, 9.17) is 4.98 Å². The molecule has 0 aliphatic carbocycles. The lowest BCUT2D eigenvalue weighted by Crippen LogP contribution is -2.32. The summed E-state index contributed by atoms with van der Waals surface area (Å²) >= 11 is 1.56. The lowest BCUT2D eigenvalue weighted by molar-refractivity contribution is -0.115. The van der Waals surface area contributed by atoms with Gasteiger partial charge in [0.15, 0.2) is 5.13 Å². The van der Waals surface area contributed by atoms with Crippen LogP contribution < -0.4 is 4.90 Å². The number of rotatable bonds is 5. The van der Waals surface area contributed by atoms with Gasteiger partial charge in [-0.15, -0.1) is 11.3 Å². The monoisotopic (exact) mass is 357 g/mol. The lowest BCUT2D eigenvalue weighted by Gasteiger charge is -2.29.